The van der Waals surface area contributed by atoms with Gasteiger partial charge < -0.3 is 10.8 Å². The summed E-state index contributed by atoms with van der Waals surface area (Å²) in [6, 6.07) is 0.916. The first-order valence-electron chi connectivity index (χ1n) is 6.09. The van der Waals surface area contributed by atoms with E-state index < -0.39 is 5.97 Å². The van der Waals surface area contributed by atoms with Gasteiger partial charge in [-0.3, -0.25) is 14.6 Å². The van der Waals surface area contributed by atoms with E-state index in [0.29, 0.717) is 12.1 Å². The number of likely N-dealkylation sites (tertiary alicyclic amines) is 2. The van der Waals surface area contributed by atoms with E-state index >= 15 is 0 Å². The molecule has 2 rings (SSSR count). The van der Waals surface area contributed by atoms with Crippen LogP contribution in [-0.4, -0.2) is 65.7 Å². The quantitative estimate of drug-likeness (QED) is 0.684. The maximum atomic E-state index is 10.6. The highest BCUT2D eigenvalue weighted by Crippen LogP contribution is 2.19. The molecule has 0 bridgehead atoms. The minimum Gasteiger partial charge on any atom is -0.480 e. The van der Waals surface area contributed by atoms with Gasteiger partial charge in [0, 0.05) is 25.2 Å². The molecule has 1 unspecified atom stereocenters. The molecule has 1 atom stereocenters. The number of carboxylic acid groups (broad SMARTS) is 1. The lowest BCUT2D eigenvalue weighted by Gasteiger charge is -2.34. The van der Waals surface area contributed by atoms with Crippen molar-refractivity contribution in [2.75, 3.05) is 32.7 Å². The van der Waals surface area contributed by atoms with Crippen LogP contribution in [0.15, 0.2) is 0 Å². The Balaban J connectivity index is 1.77. The molecule has 2 aliphatic rings. The molecule has 3 N–H and O–H groups in total. The number of aliphatic carboxylic acids is 1. The fraction of sp³-hybridized carbons (Fsp3) is 0.909. The maximum Gasteiger partial charge on any atom is 0.317 e. The topological polar surface area (TPSA) is 69.8 Å². The monoisotopic (exact) mass is 227 g/mol. The molecule has 0 aromatic heterocycles. The molecular formula is C11H21N3O2. The van der Waals surface area contributed by atoms with E-state index in [1.54, 1.807) is 0 Å². The summed E-state index contributed by atoms with van der Waals surface area (Å²) in [6.07, 6.45) is 3.26. The summed E-state index contributed by atoms with van der Waals surface area (Å²) in [4.78, 5) is 15.1. The third kappa shape index (κ3) is 2.93. The molecular weight excluding hydrogens is 206 g/mol. The molecule has 92 valence electrons. The van der Waals surface area contributed by atoms with Gasteiger partial charge >= 0.3 is 5.97 Å². The largest absolute Gasteiger partial charge is 0.480 e. The predicted octanol–water partition coefficient (Wildman–Crippen LogP) is -0.432. The fourth-order valence-corrected chi connectivity index (χ4v) is 2.73. The summed E-state index contributed by atoms with van der Waals surface area (Å²) in [5.41, 5.74) is 5.87. The summed E-state index contributed by atoms with van der Waals surface area (Å²) in [6.45, 7) is 4.16. The SMILES string of the molecule is NC1CCN(C2CCN(CC(=O)O)C2)CC1. The van der Waals surface area contributed by atoms with Gasteiger partial charge in [0.25, 0.3) is 0 Å². The summed E-state index contributed by atoms with van der Waals surface area (Å²) >= 11 is 0. The fourth-order valence-electron chi connectivity index (χ4n) is 2.73. The molecule has 0 aromatic rings. The van der Waals surface area contributed by atoms with Crippen LogP contribution in [0.3, 0.4) is 0 Å². The van der Waals surface area contributed by atoms with Gasteiger partial charge in [0.1, 0.15) is 0 Å². The second-order valence-corrected chi connectivity index (χ2v) is 4.94. The zero-order valence-corrected chi connectivity index (χ0v) is 9.64. The van der Waals surface area contributed by atoms with E-state index in [9.17, 15) is 4.79 Å². The third-order valence-corrected chi connectivity index (χ3v) is 3.70. The number of carbonyl (C=O) groups is 1. The van der Waals surface area contributed by atoms with E-state index in [1.807, 2.05) is 4.90 Å². The van der Waals surface area contributed by atoms with Gasteiger partial charge in [-0.15, -0.1) is 0 Å². The lowest BCUT2D eigenvalue weighted by Crippen LogP contribution is -2.46. The maximum absolute atomic E-state index is 10.6. The Bertz CT molecular complexity index is 252. The lowest BCUT2D eigenvalue weighted by atomic mass is 10.0. The summed E-state index contributed by atoms with van der Waals surface area (Å²) in [7, 11) is 0. The summed E-state index contributed by atoms with van der Waals surface area (Å²) < 4.78 is 0. The van der Waals surface area contributed by atoms with Crippen LogP contribution in [0.4, 0.5) is 0 Å². The van der Waals surface area contributed by atoms with Crippen molar-refractivity contribution < 1.29 is 9.90 Å². The molecule has 5 heteroatoms. The minimum absolute atomic E-state index is 0.184. The molecule has 0 amide bonds. The average molecular weight is 227 g/mol. The number of carboxylic acids is 1. The van der Waals surface area contributed by atoms with Crippen molar-refractivity contribution in [1.29, 1.82) is 0 Å². The minimum atomic E-state index is -0.721. The Morgan fingerprint density at radius 3 is 2.56 bits per heavy atom. The van der Waals surface area contributed by atoms with Crippen LogP contribution in [-0.2, 0) is 4.79 Å². The number of nitrogens with zero attached hydrogens (tertiary/aromatic N) is 2. The number of hydrogen-bond acceptors (Lipinski definition) is 4. The first-order chi connectivity index (χ1) is 7.65. The smallest absolute Gasteiger partial charge is 0.317 e. The summed E-state index contributed by atoms with van der Waals surface area (Å²) in [5.74, 6) is -0.721. The van der Waals surface area contributed by atoms with E-state index in [0.717, 1.165) is 45.4 Å². The standard InChI is InChI=1S/C11H21N3O2/c12-9-1-5-14(6-2-9)10-3-4-13(7-10)8-11(15)16/h9-10H,1-8,12H2,(H,15,16). The third-order valence-electron chi connectivity index (χ3n) is 3.70. The molecule has 0 spiro atoms. The zero-order valence-electron chi connectivity index (χ0n) is 9.64. The molecule has 0 radical (unpaired) electrons. The van der Waals surface area contributed by atoms with Gasteiger partial charge in [-0.1, -0.05) is 0 Å². The van der Waals surface area contributed by atoms with Gasteiger partial charge in [0.2, 0.25) is 0 Å². The first-order valence-corrected chi connectivity index (χ1v) is 6.09. The summed E-state index contributed by atoms with van der Waals surface area (Å²) in [5, 5.41) is 8.73. The number of piperidine rings is 1. The number of rotatable bonds is 3. The van der Waals surface area contributed by atoms with Crippen molar-refractivity contribution in [3.63, 3.8) is 0 Å². The highest BCUT2D eigenvalue weighted by molar-refractivity contribution is 5.69. The van der Waals surface area contributed by atoms with Crippen LogP contribution >= 0.6 is 0 Å². The van der Waals surface area contributed by atoms with E-state index in [1.165, 1.54) is 0 Å². The van der Waals surface area contributed by atoms with Gasteiger partial charge in [0.05, 0.1) is 6.54 Å². The van der Waals surface area contributed by atoms with Crippen molar-refractivity contribution in [3.05, 3.63) is 0 Å². The Morgan fingerprint density at radius 1 is 1.25 bits per heavy atom. The number of nitrogens with two attached hydrogens (primary N) is 1. The molecule has 2 saturated heterocycles. The molecule has 2 fully saturated rings. The van der Waals surface area contributed by atoms with Crippen LogP contribution in [0.5, 0.6) is 0 Å². The van der Waals surface area contributed by atoms with Crippen molar-refractivity contribution in [2.24, 2.45) is 5.73 Å². The molecule has 0 aliphatic carbocycles. The van der Waals surface area contributed by atoms with Gasteiger partial charge in [0.15, 0.2) is 0 Å². The number of hydrogen-bond donors (Lipinski definition) is 2. The second-order valence-electron chi connectivity index (χ2n) is 4.94. The Labute approximate surface area is 96.2 Å². The molecule has 5 nitrogen and oxygen atoms in total. The van der Waals surface area contributed by atoms with E-state index in [-0.39, 0.29) is 6.54 Å². The van der Waals surface area contributed by atoms with Crippen molar-refractivity contribution in [1.82, 2.24) is 9.80 Å². The lowest BCUT2D eigenvalue weighted by molar-refractivity contribution is -0.138. The highest BCUT2D eigenvalue weighted by atomic mass is 16.4. The molecule has 0 aromatic carbocycles. The van der Waals surface area contributed by atoms with Crippen LogP contribution in [0, 0.1) is 0 Å². The Hall–Kier alpha value is -0.650. The molecule has 0 saturated carbocycles. The van der Waals surface area contributed by atoms with Crippen LogP contribution < -0.4 is 5.73 Å². The second kappa shape index (κ2) is 5.12. The van der Waals surface area contributed by atoms with Crippen molar-refractivity contribution >= 4 is 5.97 Å². The molecule has 2 heterocycles. The molecule has 16 heavy (non-hydrogen) atoms. The van der Waals surface area contributed by atoms with Gasteiger partial charge in [-0.05, 0) is 32.4 Å². The van der Waals surface area contributed by atoms with Gasteiger partial charge in [-0.25, -0.2) is 0 Å². The van der Waals surface area contributed by atoms with Crippen LogP contribution in [0.2, 0.25) is 0 Å². The average Bonchev–Trinajstić information content (AvgIpc) is 2.66. The zero-order chi connectivity index (χ0) is 11.5. The van der Waals surface area contributed by atoms with Crippen LogP contribution in [0.1, 0.15) is 19.3 Å². The predicted molar refractivity (Wildman–Crippen MR) is 61.3 cm³/mol. The molecule has 2 aliphatic heterocycles. The Kier molecular flexibility index (Phi) is 3.78. The van der Waals surface area contributed by atoms with Crippen molar-refractivity contribution in [3.8, 4) is 0 Å². The van der Waals surface area contributed by atoms with E-state index in [4.69, 9.17) is 10.8 Å². The van der Waals surface area contributed by atoms with E-state index in [2.05, 4.69) is 4.90 Å². The van der Waals surface area contributed by atoms with Crippen molar-refractivity contribution in [2.45, 2.75) is 31.3 Å². The van der Waals surface area contributed by atoms with Gasteiger partial charge in [-0.2, -0.15) is 0 Å². The normalized spacial score (nSPS) is 29.7. The highest BCUT2D eigenvalue weighted by Gasteiger charge is 2.30. The van der Waals surface area contributed by atoms with Crippen LogP contribution in [0.25, 0.3) is 0 Å². The first kappa shape index (κ1) is 11.8. The Morgan fingerprint density at radius 2 is 1.94 bits per heavy atom.